The summed E-state index contributed by atoms with van der Waals surface area (Å²) in [5.41, 5.74) is -0.290. The Labute approximate surface area is 333 Å². The average Bonchev–Trinajstić information content (AvgIpc) is 3.51. The summed E-state index contributed by atoms with van der Waals surface area (Å²) >= 11 is 0. The lowest BCUT2D eigenvalue weighted by Crippen LogP contribution is -2.47. The normalized spacial score (nSPS) is 16.4. The van der Waals surface area contributed by atoms with E-state index in [1.165, 1.54) is 9.42 Å². The fraction of sp³-hybridized carbons (Fsp3) is 0.641. The zero-order valence-corrected chi connectivity index (χ0v) is 37.2. The van der Waals surface area contributed by atoms with Crippen molar-refractivity contribution in [3.8, 4) is 5.75 Å². The molecule has 1 aromatic carbocycles. The first-order valence-electron chi connectivity index (χ1n) is 19.2. The molecule has 2 amide bonds. The average molecular weight is 819 g/mol. The van der Waals surface area contributed by atoms with Crippen molar-refractivity contribution in [2.24, 2.45) is 0 Å². The van der Waals surface area contributed by atoms with Crippen LogP contribution in [-0.4, -0.2) is 104 Å². The second kappa shape index (κ2) is 17.3. The van der Waals surface area contributed by atoms with Gasteiger partial charge in [0.25, 0.3) is 10.1 Å². The summed E-state index contributed by atoms with van der Waals surface area (Å²) in [7, 11) is -6.38. The molecule has 1 fully saturated rings. The zero-order valence-electron chi connectivity index (χ0n) is 35.4. The molecule has 0 radical (unpaired) electrons. The van der Waals surface area contributed by atoms with Crippen LogP contribution in [0, 0.1) is 0 Å². The molecule has 0 bridgehead atoms. The van der Waals surface area contributed by atoms with Crippen LogP contribution < -0.4 is 15.0 Å². The van der Waals surface area contributed by atoms with Gasteiger partial charge in [0.2, 0.25) is 0 Å². The quantitative estimate of drug-likeness (QED) is 0.131. The van der Waals surface area contributed by atoms with Gasteiger partial charge in [-0.05, 0) is 104 Å². The number of aromatic nitrogens is 3. The number of anilines is 3. The molecular formula is C39H62N6O9SSi. The SMILES string of the molecule is CCOc1ccc(N(C(=O)OC(C)(C)C)c2c(CC(CO[Si](C)(C)C(C)(C)C)OS(C)(=O)=O)c(N[C@H]3CCCN(C(=O)OC(C)(C)C)C3)nc3ccnn23)cc1. The van der Waals surface area contributed by atoms with Crippen molar-refractivity contribution in [1.82, 2.24) is 19.5 Å². The van der Waals surface area contributed by atoms with Gasteiger partial charge >= 0.3 is 12.2 Å². The van der Waals surface area contributed by atoms with Gasteiger partial charge in [-0.2, -0.15) is 18.0 Å². The number of carbonyl (C=O) groups excluding carboxylic acids is 2. The van der Waals surface area contributed by atoms with E-state index >= 15 is 0 Å². The highest BCUT2D eigenvalue weighted by Gasteiger charge is 2.39. The molecule has 0 spiro atoms. The first-order chi connectivity index (χ1) is 25.8. The Morgan fingerprint density at radius 1 is 1.00 bits per heavy atom. The number of piperidine rings is 1. The lowest BCUT2D eigenvalue weighted by Gasteiger charge is -2.37. The maximum Gasteiger partial charge on any atom is 0.420 e. The van der Waals surface area contributed by atoms with E-state index in [-0.39, 0.29) is 29.9 Å². The van der Waals surface area contributed by atoms with Gasteiger partial charge in [-0.15, -0.1) is 0 Å². The van der Waals surface area contributed by atoms with Crippen molar-refractivity contribution in [1.29, 1.82) is 0 Å². The van der Waals surface area contributed by atoms with Crippen molar-refractivity contribution >= 4 is 53.6 Å². The Morgan fingerprint density at radius 2 is 1.64 bits per heavy atom. The number of likely N-dealkylation sites (tertiary alicyclic amines) is 1. The summed E-state index contributed by atoms with van der Waals surface area (Å²) < 4.78 is 57.0. The third kappa shape index (κ3) is 12.3. The minimum Gasteiger partial charge on any atom is -0.494 e. The number of benzene rings is 1. The fourth-order valence-corrected chi connectivity index (χ4v) is 7.52. The van der Waals surface area contributed by atoms with Gasteiger partial charge in [-0.1, -0.05) is 20.8 Å². The topological polar surface area (TPSA) is 163 Å². The van der Waals surface area contributed by atoms with Crippen molar-refractivity contribution in [3.63, 3.8) is 0 Å². The summed E-state index contributed by atoms with van der Waals surface area (Å²) in [6.07, 6.45) is 1.75. The van der Waals surface area contributed by atoms with E-state index in [1.807, 2.05) is 27.7 Å². The van der Waals surface area contributed by atoms with Crippen LogP contribution in [0.1, 0.15) is 87.6 Å². The zero-order chi connectivity index (χ0) is 41.9. The van der Waals surface area contributed by atoms with Crippen molar-refractivity contribution in [2.75, 3.05) is 42.8 Å². The molecular weight excluding hydrogens is 757 g/mol. The standard InChI is InChI=1S/C39H62N6O9SSi/c1-14-50-29-19-17-28(18-20-29)44(36(47)53-38(5,6)7)34-31(24-30(54-55(11,48)49)26-51-56(12,13)39(8,9)10)33(42-32-21-22-40-45(32)34)41-27-16-15-23-43(25-27)35(46)52-37(2,3)4/h17-22,27,30H,14-16,23-26H2,1-13H3,(H,41,42)/t27-,30?/m0/s1. The molecule has 1 aliphatic rings. The van der Waals surface area contributed by atoms with Crippen LogP contribution >= 0.6 is 0 Å². The predicted octanol–water partition coefficient (Wildman–Crippen LogP) is 7.92. The molecule has 56 heavy (non-hydrogen) atoms. The molecule has 312 valence electrons. The Hall–Kier alpha value is -3.93. The molecule has 2 atom stereocenters. The van der Waals surface area contributed by atoms with Crippen LogP contribution in [0.4, 0.5) is 26.9 Å². The second-order valence-electron chi connectivity index (χ2n) is 17.7. The highest BCUT2D eigenvalue weighted by Crippen LogP contribution is 2.39. The van der Waals surface area contributed by atoms with Crippen LogP contribution in [0.5, 0.6) is 5.75 Å². The van der Waals surface area contributed by atoms with Crippen LogP contribution in [0.2, 0.25) is 18.1 Å². The van der Waals surface area contributed by atoms with Crippen molar-refractivity contribution in [3.05, 3.63) is 42.1 Å². The summed E-state index contributed by atoms with van der Waals surface area (Å²) in [5, 5.41) is 8.01. The Morgan fingerprint density at radius 3 is 2.21 bits per heavy atom. The van der Waals surface area contributed by atoms with Gasteiger partial charge in [0.1, 0.15) is 28.9 Å². The van der Waals surface area contributed by atoms with E-state index in [4.69, 9.17) is 27.8 Å². The van der Waals surface area contributed by atoms with E-state index in [9.17, 15) is 18.0 Å². The van der Waals surface area contributed by atoms with Gasteiger partial charge in [0, 0.05) is 37.2 Å². The van der Waals surface area contributed by atoms with Gasteiger partial charge < -0.3 is 28.9 Å². The molecule has 1 N–H and O–H groups in total. The Bertz CT molecular complexity index is 1930. The number of hydrogen-bond donors (Lipinski definition) is 1. The Balaban J connectivity index is 1.95. The first kappa shape index (κ1) is 44.8. The molecule has 4 rings (SSSR count). The van der Waals surface area contributed by atoms with E-state index in [0.29, 0.717) is 61.0 Å². The monoisotopic (exact) mass is 818 g/mol. The molecule has 15 nitrogen and oxygen atoms in total. The van der Waals surface area contributed by atoms with Gasteiger partial charge in [0.15, 0.2) is 19.8 Å². The van der Waals surface area contributed by atoms with E-state index in [1.54, 1.807) is 62.2 Å². The minimum atomic E-state index is -3.99. The Kier molecular flexibility index (Phi) is 13.8. The highest BCUT2D eigenvalue weighted by atomic mass is 32.2. The van der Waals surface area contributed by atoms with Gasteiger partial charge in [0.05, 0.1) is 31.4 Å². The van der Waals surface area contributed by atoms with Crippen LogP contribution in [0.25, 0.3) is 5.65 Å². The molecule has 0 aliphatic carbocycles. The third-order valence-electron chi connectivity index (χ3n) is 9.39. The fourth-order valence-electron chi connectivity index (χ4n) is 5.87. The summed E-state index contributed by atoms with van der Waals surface area (Å²) in [6.45, 7) is 24.4. The number of nitrogens with one attached hydrogen (secondary N) is 1. The smallest absolute Gasteiger partial charge is 0.420 e. The third-order valence-corrected chi connectivity index (χ3v) is 14.5. The lowest BCUT2D eigenvalue weighted by atomic mass is 10.0. The van der Waals surface area contributed by atoms with Gasteiger partial charge in [-0.25, -0.2) is 19.5 Å². The number of hydrogen-bond acceptors (Lipinski definition) is 12. The van der Waals surface area contributed by atoms with Crippen LogP contribution in [0.3, 0.4) is 0 Å². The highest BCUT2D eigenvalue weighted by molar-refractivity contribution is 7.86. The minimum absolute atomic E-state index is 0.0507. The van der Waals surface area contributed by atoms with Crippen LogP contribution in [-0.2, 0) is 34.6 Å². The summed E-state index contributed by atoms with van der Waals surface area (Å²) in [4.78, 5) is 35.7. The molecule has 3 heterocycles. The maximum absolute atomic E-state index is 14.5. The molecule has 1 aliphatic heterocycles. The molecule has 17 heteroatoms. The summed E-state index contributed by atoms with van der Waals surface area (Å²) in [5.74, 6) is 1.23. The number of fused-ring (bicyclic) bond motifs is 1. The van der Waals surface area contributed by atoms with E-state index < -0.39 is 47.9 Å². The predicted molar refractivity (Wildman–Crippen MR) is 220 cm³/mol. The molecule has 1 unspecified atom stereocenters. The number of amides is 2. The number of nitrogens with zero attached hydrogens (tertiary/aromatic N) is 5. The largest absolute Gasteiger partial charge is 0.494 e. The van der Waals surface area contributed by atoms with Crippen molar-refractivity contribution < 1.29 is 40.8 Å². The number of ether oxygens (including phenoxy) is 3. The number of carbonyl (C=O) groups is 2. The first-order valence-corrected chi connectivity index (χ1v) is 23.9. The number of rotatable bonds is 13. The van der Waals surface area contributed by atoms with E-state index in [0.717, 1.165) is 6.26 Å². The van der Waals surface area contributed by atoms with Crippen molar-refractivity contribution in [2.45, 2.75) is 130 Å². The summed E-state index contributed by atoms with van der Waals surface area (Å²) in [6, 6.07) is 8.43. The maximum atomic E-state index is 14.5. The van der Waals surface area contributed by atoms with Gasteiger partial charge in [-0.3, -0.25) is 4.18 Å². The molecule has 1 saturated heterocycles. The molecule has 2 aromatic heterocycles. The molecule has 3 aromatic rings. The second-order valence-corrected chi connectivity index (χ2v) is 24.1. The van der Waals surface area contributed by atoms with Crippen LogP contribution in [0.15, 0.2) is 36.5 Å². The lowest BCUT2D eigenvalue weighted by molar-refractivity contribution is 0.0206. The van der Waals surface area contributed by atoms with E-state index in [2.05, 4.69) is 44.3 Å². The molecule has 0 saturated carbocycles.